The molecule has 1 aliphatic rings. The molecule has 3 N–H and O–H groups in total. The van der Waals surface area contributed by atoms with Gasteiger partial charge in [-0.2, -0.15) is 0 Å². The standard InChI is InChI=1S/C13H19N3O2/c1-16(2)13(17)9-3-4-11(14)12(7-9)15-10-5-6-18-8-10/h3-4,7,10,15H,5-6,8,14H2,1-2H3. The average molecular weight is 249 g/mol. The first kappa shape index (κ1) is 12.7. The van der Waals surface area contributed by atoms with Crippen molar-refractivity contribution in [1.29, 1.82) is 0 Å². The maximum Gasteiger partial charge on any atom is 0.253 e. The van der Waals surface area contributed by atoms with Gasteiger partial charge in [0.25, 0.3) is 5.91 Å². The minimum atomic E-state index is -0.0271. The number of hydrogen-bond acceptors (Lipinski definition) is 4. The summed E-state index contributed by atoms with van der Waals surface area (Å²) in [5, 5.41) is 3.32. The first-order valence-corrected chi connectivity index (χ1v) is 6.03. The van der Waals surface area contributed by atoms with Gasteiger partial charge in [0.2, 0.25) is 0 Å². The van der Waals surface area contributed by atoms with Gasteiger partial charge in [-0.1, -0.05) is 0 Å². The average Bonchev–Trinajstić information content (AvgIpc) is 2.84. The molecule has 1 aromatic carbocycles. The van der Waals surface area contributed by atoms with Gasteiger partial charge in [-0.05, 0) is 24.6 Å². The predicted octanol–water partition coefficient (Wildman–Crippen LogP) is 1.17. The summed E-state index contributed by atoms with van der Waals surface area (Å²) in [6.07, 6.45) is 0.964. The smallest absolute Gasteiger partial charge is 0.253 e. The molecule has 1 aromatic rings. The highest BCUT2D eigenvalue weighted by Gasteiger charge is 2.17. The van der Waals surface area contributed by atoms with Crippen LogP contribution < -0.4 is 11.1 Å². The van der Waals surface area contributed by atoms with Gasteiger partial charge in [-0.3, -0.25) is 4.79 Å². The lowest BCUT2D eigenvalue weighted by atomic mass is 10.1. The first-order valence-electron chi connectivity index (χ1n) is 6.03. The number of nitrogens with two attached hydrogens (primary N) is 1. The summed E-state index contributed by atoms with van der Waals surface area (Å²) in [4.78, 5) is 13.4. The quantitative estimate of drug-likeness (QED) is 0.789. The molecule has 1 heterocycles. The Hall–Kier alpha value is -1.75. The monoisotopic (exact) mass is 249 g/mol. The number of ether oxygens (including phenoxy) is 1. The van der Waals surface area contributed by atoms with E-state index >= 15 is 0 Å². The third-order valence-electron chi connectivity index (χ3n) is 3.00. The number of carbonyl (C=O) groups excluding carboxylic acids is 1. The highest BCUT2D eigenvalue weighted by Crippen LogP contribution is 2.23. The molecule has 0 spiro atoms. The second-order valence-electron chi connectivity index (χ2n) is 4.71. The van der Waals surface area contributed by atoms with E-state index in [0.717, 1.165) is 18.7 Å². The maximum absolute atomic E-state index is 11.9. The molecule has 0 bridgehead atoms. The molecule has 1 saturated heterocycles. The summed E-state index contributed by atoms with van der Waals surface area (Å²) in [6, 6.07) is 5.58. The van der Waals surface area contributed by atoms with Crippen LogP contribution in [0.5, 0.6) is 0 Å². The van der Waals surface area contributed by atoms with Crippen molar-refractivity contribution in [3.63, 3.8) is 0 Å². The van der Waals surface area contributed by atoms with Gasteiger partial charge in [0.15, 0.2) is 0 Å². The van der Waals surface area contributed by atoms with Crippen LogP contribution >= 0.6 is 0 Å². The normalized spacial score (nSPS) is 18.7. The van der Waals surface area contributed by atoms with E-state index in [9.17, 15) is 4.79 Å². The Bertz CT molecular complexity index is 440. The summed E-state index contributed by atoms with van der Waals surface area (Å²) in [7, 11) is 3.47. The zero-order valence-corrected chi connectivity index (χ0v) is 10.8. The van der Waals surface area contributed by atoms with Gasteiger partial charge in [0.05, 0.1) is 24.0 Å². The molecule has 5 nitrogen and oxygen atoms in total. The molecule has 1 amide bonds. The number of amides is 1. The zero-order valence-electron chi connectivity index (χ0n) is 10.8. The highest BCUT2D eigenvalue weighted by molar-refractivity contribution is 5.95. The van der Waals surface area contributed by atoms with Crippen molar-refractivity contribution in [2.75, 3.05) is 38.4 Å². The van der Waals surface area contributed by atoms with Gasteiger partial charge in [-0.25, -0.2) is 0 Å². The fourth-order valence-electron chi connectivity index (χ4n) is 1.94. The molecule has 18 heavy (non-hydrogen) atoms. The molecule has 98 valence electrons. The summed E-state index contributed by atoms with van der Waals surface area (Å²) < 4.78 is 5.31. The summed E-state index contributed by atoms with van der Waals surface area (Å²) >= 11 is 0. The molecule has 1 aliphatic heterocycles. The predicted molar refractivity (Wildman–Crippen MR) is 71.7 cm³/mol. The van der Waals surface area contributed by atoms with E-state index in [1.165, 1.54) is 0 Å². The van der Waals surface area contributed by atoms with Gasteiger partial charge in [0.1, 0.15) is 0 Å². The fraction of sp³-hybridized carbons (Fsp3) is 0.462. The van der Waals surface area contributed by atoms with Crippen LogP contribution in [-0.2, 0) is 4.74 Å². The van der Waals surface area contributed by atoms with Crippen molar-refractivity contribution in [2.45, 2.75) is 12.5 Å². The van der Waals surface area contributed by atoms with Crippen molar-refractivity contribution in [3.05, 3.63) is 23.8 Å². The van der Waals surface area contributed by atoms with Crippen LogP contribution in [0, 0.1) is 0 Å². The van der Waals surface area contributed by atoms with Crippen LogP contribution in [0.4, 0.5) is 11.4 Å². The number of nitrogen functional groups attached to an aromatic ring is 1. The van der Waals surface area contributed by atoms with Crippen molar-refractivity contribution >= 4 is 17.3 Å². The molecule has 0 radical (unpaired) electrons. The lowest BCUT2D eigenvalue weighted by Gasteiger charge is -2.16. The summed E-state index contributed by atoms with van der Waals surface area (Å²) in [5.41, 5.74) is 8.00. The largest absolute Gasteiger partial charge is 0.397 e. The highest BCUT2D eigenvalue weighted by atomic mass is 16.5. The minimum absolute atomic E-state index is 0.0271. The van der Waals surface area contributed by atoms with Gasteiger partial charge >= 0.3 is 0 Å². The Morgan fingerprint density at radius 1 is 1.50 bits per heavy atom. The van der Waals surface area contributed by atoms with Crippen LogP contribution in [0.3, 0.4) is 0 Å². The zero-order chi connectivity index (χ0) is 13.1. The van der Waals surface area contributed by atoms with E-state index in [1.54, 1.807) is 37.2 Å². The molecule has 1 fully saturated rings. The van der Waals surface area contributed by atoms with Crippen molar-refractivity contribution in [1.82, 2.24) is 4.90 Å². The third kappa shape index (κ3) is 2.73. The van der Waals surface area contributed by atoms with E-state index < -0.39 is 0 Å². The number of anilines is 2. The molecular weight excluding hydrogens is 230 g/mol. The van der Waals surface area contributed by atoms with Crippen molar-refractivity contribution < 1.29 is 9.53 Å². The van der Waals surface area contributed by atoms with Crippen LogP contribution in [0.1, 0.15) is 16.8 Å². The van der Waals surface area contributed by atoms with Crippen molar-refractivity contribution in [2.24, 2.45) is 0 Å². The SMILES string of the molecule is CN(C)C(=O)c1ccc(N)c(NC2CCOC2)c1. The van der Waals surface area contributed by atoms with Gasteiger partial charge < -0.3 is 20.7 Å². The lowest BCUT2D eigenvalue weighted by Crippen LogP contribution is -2.23. The van der Waals surface area contributed by atoms with E-state index in [2.05, 4.69) is 5.32 Å². The number of hydrogen-bond donors (Lipinski definition) is 2. The molecule has 0 aliphatic carbocycles. The van der Waals surface area contributed by atoms with E-state index in [-0.39, 0.29) is 11.9 Å². The summed E-state index contributed by atoms with van der Waals surface area (Å²) in [6.45, 7) is 1.46. The van der Waals surface area contributed by atoms with E-state index in [4.69, 9.17) is 10.5 Å². The summed E-state index contributed by atoms with van der Waals surface area (Å²) in [5.74, 6) is -0.0271. The Kier molecular flexibility index (Phi) is 3.72. The number of nitrogens with one attached hydrogen (secondary N) is 1. The molecular formula is C13H19N3O2. The molecule has 0 saturated carbocycles. The lowest BCUT2D eigenvalue weighted by molar-refractivity contribution is 0.0827. The topological polar surface area (TPSA) is 67.6 Å². The second-order valence-corrected chi connectivity index (χ2v) is 4.71. The molecule has 1 unspecified atom stereocenters. The van der Waals surface area contributed by atoms with E-state index in [0.29, 0.717) is 17.9 Å². The Morgan fingerprint density at radius 3 is 2.89 bits per heavy atom. The third-order valence-corrected chi connectivity index (χ3v) is 3.00. The molecule has 5 heteroatoms. The second kappa shape index (κ2) is 5.27. The molecule has 1 atom stereocenters. The Labute approximate surface area is 107 Å². The number of rotatable bonds is 3. The van der Waals surface area contributed by atoms with Crippen molar-refractivity contribution in [3.8, 4) is 0 Å². The molecule has 2 rings (SSSR count). The number of carbonyl (C=O) groups is 1. The van der Waals surface area contributed by atoms with Crippen LogP contribution in [-0.4, -0.2) is 44.2 Å². The fourth-order valence-corrected chi connectivity index (χ4v) is 1.94. The van der Waals surface area contributed by atoms with Crippen LogP contribution in [0.2, 0.25) is 0 Å². The van der Waals surface area contributed by atoms with Gasteiger partial charge in [-0.15, -0.1) is 0 Å². The first-order chi connectivity index (χ1) is 8.58. The van der Waals surface area contributed by atoms with E-state index in [1.807, 2.05) is 0 Å². The van der Waals surface area contributed by atoms with Gasteiger partial charge in [0, 0.05) is 26.3 Å². The maximum atomic E-state index is 11.9. The minimum Gasteiger partial charge on any atom is -0.397 e. The number of nitrogens with zero attached hydrogens (tertiary/aromatic N) is 1. The Morgan fingerprint density at radius 2 is 2.28 bits per heavy atom. The Balaban J connectivity index is 2.18. The molecule has 0 aromatic heterocycles. The van der Waals surface area contributed by atoms with Crippen LogP contribution in [0.15, 0.2) is 18.2 Å². The number of benzene rings is 1. The van der Waals surface area contributed by atoms with Crippen LogP contribution in [0.25, 0.3) is 0 Å².